The van der Waals surface area contributed by atoms with Gasteiger partial charge < -0.3 is 5.32 Å². The quantitative estimate of drug-likeness (QED) is 0.825. The molecule has 2 rings (SSSR count). The van der Waals surface area contributed by atoms with Gasteiger partial charge in [-0.2, -0.15) is 0 Å². The number of benzene rings is 2. The topological polar surface area (TPSA) is 12.0 Å². The van der Waals surface area contributed by atoms with E-state index in [2.05, 4.69) is 5.32 Å². The highest BCUT2D eigenvalue weighted by Crippen LogP contribution is 2.29. The summed E-state index contributed by atoms with van der Waals surface area (Å²) in [5.41, 5.74) is 2.54. The van der Waals surface area contributed by atoms with Crippen molar-refractivity contribution in [1.82, 2.24) is 0 Å². The van der Waals surface area contributed by atoms with Gasteiger partial charge in [-0.1, -0.05) is 41.9 Å². The minimum Gasteiger partial charge on any atom is -0.377 e. The minimum atomic E-state index is -0.206. The van der Waals surface area contributed by atoms with Crippen LogP contribution in [-0.2, 0) is 0 Å². The molecule has 1 nitrogen and oxygen atoms in total. The summed E-state index contributed by atoms with van der Waals surface area (Å²) in [5, 5.41) is 3.91. The van der Waals surface area contributed by atoms with Crippen LogP contribution in [0.15, 0.2) is 42.5 Å². The van der Waals surface area contributed by atoms with Crippen LogP contribution in [0.4, 0.5) is 10.1 Å². The fourth-order valence-electron chi connectivity index (χ4n) is 1.94. The molecule has 0 saturated carbocycles. The first-order chi connectivity index (χ1) is 8.59. The Balaban J connectivity index is 2.27. The molecule has 3 heteroatoms. The van der Waals surface area contributed by atoms with Gasteiger partial charge in [-0.15, -0.1) is 0 Å². The number of hydrogen-bond acceptors (Lipinski definition) is 1. The fourth-order valence-corrected chi connectivity index (χ4v) is 2.21. The molecule has 0 fully saturated rings. The van der Waals surface area contributed by atoms with Gasteiger partial charge in [-0.3, -0.25) is 0 Å². The van der Waals surface area contributed by atoms with E-state index >= 15 is 0 Å². The third-order valence-corrected chi connectivity index (χ3v) is 3.27. The number of aryl methyl sites for hydroxylation is 1. The van der Waals surface area contributed by atoms with E-state index in [9.17, 15) is 4.39 Å². The molecule has 0 heterocycles. The van der Waals surface area contributed by atoms with Crippen LogP contribution in [-0.4, -0.2) is 0 Å². The number of halogens is 2. The van der Waals surface area contributed by atoms with Gasteiger partial charge in [-0.25, -0.2) is 4.39 Å². The highest BCUT2D eigenvalue weighted by molar-refractivity contribution is 6.33. The predicted octanol–water partition coefficient (Wildman–Crippen LogP) is 4.96. The number of para-hydroxylation sites is 1. The third kappa shape index (κ3) is 2.65. The normalized spacial score (nSPS) is 12.2. The van der Waals surface area contributed by atoms with Crippen molar-refractivity contribution in [2.75, 3.05) is 5.32 Å². The first-order valence-corrected chi connectivity index (χ1v) is 6.23. The predicted molar refractivity (Wildman–Crippen MR) is 74.6 cm³/mol. The van der Waals surface area contributed by atoms with E-state index in [1.165, 1.54) is 6.07 Å². The van der Waals surface area contributed by atoms with E-state index in [4.69, 9.17) is 11.6 Å². The molecule has 2 aromatic carbocycles. The van der Waals surface area contributed by atoms with E-state index in [-0.39, 0.29) is 11.9 Å². The Hall–Kier alpha value is -1.54. The van der Waals surface area contributed by atoms with Crippen LogP contribution in [0.2, 0.25) is 5.02 Å². The Morgan fingerprint density at radius 2 is 1.83 bits per heavy atom. The lowest BCUT2D eigenvalue weighted by Crippen LogP contribution is -2.09. The zero-order valence-corrected chi connectivity index (χ0v) is 11.1. The molecule has 1 atom stereocenters. The van der Waals surface area contributed by atoms with E-state index in [1.54, 1.807) is 12.1 Å². The van der Waals surface area contributed by atoms with Gasteiger partial charge in [0.15, 0.2) is 0 Å². The molecule has 94 valence electrons. The summed E-state index contributed by atoms with van der Waals surface area (Å²) in [6, 6.07) is 12.3. The summed E-state index contributed by atoms with van der Waals surface area (Å²) in [4.78, 5) is 0. The monoisotopic (exact) mass is 263 g/mol. The van der Waals surface area contributed by atoms with Crippen molar-refractivity contribution < 1.29 is 4.39 Å². The molecular weight excluding hydrogens is 249 g/mol. The Labute approximate surface area is 112 Å². The molecule has 0 amide bonds. The molecule has 0 aliphatic carbocycles. The summed E-state index contributed by atoms with van der Waals surface area (Å²) in [5.74, 6) is -0.206. The Kier molecular flexibility index (Phi) is 3.87. The van der Waals surface area contributed by atoms with Gasteiger partial charge in [0.1, 0.15) is 5.82 Å². The first kappa shape index (κ1) is 12.9. The molecule has 2 aromatic rings. The van der Waals surface area contributed by atoms with Crippen molar-refractivity contribution in [2.24, 2.45) is 0 Å². The van der Waals surface area contributed by atoms with Crippen LogP contribution >= 0.6 is 11.6 Å². The smallest absolute Gasteiger partial charge is 0.128 e. The lowest BCUT2D eigenvalue weighted by atomic mass is 10.1. The molecular formula is C15H15ClFN. The zero-order valence-electron chi connectivity index (χ0n) is 10.4. The van der Waals surface area contributed by atoms with Crippen molar-refractivity contribution >= 4 is 17.3 Å². The molecule has 0 saturated heterocycles. The van der Waals surface area contributed by atoms with Gasteiger partial charge in [0.05, 0.1) is 16.8 Å². The average molecular weight is 264 g/mol. The second kappa shape index (κ2) is 5.40. The summed E-state index contributed by atoms with van der Waals surface area (Å²) in [6.45, 7) is 3.89. The van der Waals surface area contributed by atoms with Gasteiger partial charge in [0, 0.05) is 5.56 Å². The van der Waals surface area contributed by atoms with Crippen molar-refractivity contribution in [2.45, 2.75) is 19.9 Å². The molecule has 0 spiro atoms. The Morgan fingerprint density at radius 1 is 1.11 bits per heavy atom. The summed E-state index contributed by atoms with van der Waals surface area (Å²) in [7, 11) is 0. The number of rotatable bonds is 3. The summed E-state index contributed by atoms with van der Waals surface area (Å²) < 4.78 is 13.7. The van der Waals surface area contributed by atoms with Crippen molar-refractivity contribution in [3.05, 3.63) is 64.4 Å². The Morgan fingerprint density at radius 3 is 2.50 bits per heavy atom. The highest BCUT2D eigenvalue weighted by Gasteiger charge is 2.12. The van der Waals surface area contributed by atoms with Crippen LogP contribution in [0.25, 0.3) is 0 Å². The molecule has 0 aliphatic rings. The van der Waals surface area contributed by atoms with Gasteiger partial charge in [0.2, 0.25) is 0 Å². The maximum atomic E-state index is 13.7. The van der Waals surface area contributed by atoms with Crippen LogP contribution in [0, 0.1) is 12.7 Å². The SMILES string of the molecule is Cc1cccc(Cl)c1NC(C)c1ccccc1F. The summed E-state index contributed by atoms with van der Waals surface area (Å²) in [6.07, 6.45) is 0. The molecule has 0 aromatic heterocycles. The van der Waals surface area contributed by atoms with E-state index in [0.717, 1.165) is 11.3 Å². The van der Waals surface area contributed by atoms with Gasteiger partial charge in [0.25, 0.3) is 0 Å². The molecule has 1 N–H and O–H groups in total. The lowest BCUT2D eigenvalue weighted by Gasteiger charge is -2.19. The zero-order chi connectivity index (χ0) is 13.1. The second-order valence-electron chi connectivity index (χ2n) is 4.32. The van der Waals surface area contributed by atoms with Crippen molar-refractivity contribution in [3.63, 3.8) is 0 Å². The van der Waals surface area contributed by atoms with Crippen LogP contribution < -0.4 is 5.32 Å². The average Bonchev–Trinajstić information content (AvgIpc) is 2.34. The molecule has 18 heavy (non-hydrogen) atoms. The van der Waals surface area contributed by atoms with E-state index < -0.39 is 0 Å². The van der Waals surface area contributed by atoms with Crippen molar-refractivity contribution in [3.8, 4) is 0 Å². The van der Waals surface area contributed by atoms with Crippen LogP contribution in [0.5, 0.6) is 0 Å². The fraction of sp³-hybridized carbons (Fsp3) is 0.200. The first-order valence-electron chi connectivity index (χ1n) is 5.85. The molecule has 1 unspecified atom stereocenters. The number of anilines is 1. The molecule has 0 bridgehead atoms. The van der Waals surface area contributed by atoms with Crippen molar-refractivity contribution in [1.29, 1.82) is 0 Å². The number of hydrogen-bond donors (Lipinski definition) is 1. The van der Waals surface area contributed by atoms with Gasteiger partial charge >= 0.3 is 0 Å². The second-order valence-corrected chi connectivity index (χ2v) is 4.73. The van der Waals surface area contributed by atoms with E-state index in [1.807, 2.05) is 38.1 Å². The van der Waals surface area contributed by atoms with E-state index in [0.29, 0.717) is 10.6 Å². The molecule has 0 aliphatic heterocycles. The molecule has 0 radical (unpaired) electrons. The lowest BCUT2D eigenvalue weighted by molar-refractivity contribution is 0.600. The maximum Gasteiger partial charge on any atom is 0.128 e. The minimum absolute atomic E-state index is 0.134. The number of nitrogens with one attached hydrogen (secondary N) is 1. The Bertz CT molecular complexity index is 534. The third-order valence-electron chi connectivity index (χ3n) is 2.95. The highest BCUT2D eigenvalue weighted by atomic mass is 35.5. The van der Waals surface area contributed by atoms with Crippen LogP contribution in [0.3, 0.4) is 0 Å². The maximum absolute atomic E-state index is 13.7. The van der Waals surface area contributed by atoms with Crippen LogP contribution in [0.1, 0.15) is 24.1 Å². The standard InChI is InChI=1S/C15H15ClFN/c1-10-6-5-8-13(16)15(10)18-11(2)12-7-3-4-9-14(12)17/h3-9,11,18H,1-2H3. The largest absolute Gasteiger partial charge is 0.377 e. The summed E-state index contributed by atoms with van der Waals surface area (Å²) >= 11 is 6.14. The van der Waals surface area contributed by atoms with Gasteiger partial charge in [-0.05, 0) is 31.5 Å².